The van der Waals surface area contributed by atoms with Gasteiger partial charge in [0.2, 0.25) is 0 Å². The molecule has 2 N–H and O–H groups in total. The van der Waals surface area contributed by atoms with Gasteiger partial charge < -0.3 is 5.32 Å². The van der Waals surface area contributed by atoms with Gasteiger partial charge in [-0.3, -0.25) is 5.32 Å². The summed E-state index contributed by atoms with van der Waals surface area (Å²) < 4.78 is 0. The number of benzene rings is 10. The highest BCUT2D eigenvalue weighted by atomic mass is 15.1. The molecule has 0 aromatic heterocycles. The van der Waals surface area contributed by atoms with Crippen molar-refractivity contribution in [2.24, 2.45) is 0 Å². The Morgan fingerprint density at radius 2 is 0.964 bits per heavy atom. The third kappa shape index (κ3) is 6.26. The van der Waals surface area contributed by atoms with Crippen molar-refractivity contribution in [2.75, 3.05) is 5.32 Å². The van der Waals surface area contributed by atoms with Crippen molar-refractivity contribution in [3.63, 3.8) is 0 Å². The molecule has 0 radical (unpaired) electrons. The van der Waals surface area contributed by atoms with Gasteiger partial charge >= 0.3 is 0 Å². The molecule has 0 fully saturated rings. The van der Waals surface area contributed by atoms with Crippen LogP contribution in [0.1, 0.15) is 17.3 Å². The quantitative estimate of drug-likeness (QED) is 0.0883. The molecule has 1 atom stereocenters. The van der Waals surface area contributed by atoms with Crippen LogP contribution in [0, 0.1) is 0 Å². The number of anilines is 1. The second-order valence-corrected chi connectivity index (χ2v) is 14.5. The largest absolute Gasteiger partial charge is 0.365 e. The number of fused-ring (bicyclic) bond motifs is 5. The van der Waals surface area contributed by atoms with Crippen molar-refractivity contribution in [3.05, 3.63) is 223 Å². The lowest BCUT2D eigenvalue weighted by Gasteiger charge is -2.26. The van der Waals surface area contributed by atoms with E-state index in [0.29, 0.717) is 6.54 Å². The van der Waals surface area contributed by atoms with Gasteiger partial charge in [0, 0.05) is 17.8 Å². The minimum Gasteiger partial charge on any atom is -0.365 e. The van der Waals surface area contributed by atoms with Gasteiger partial charge in [0.1, 0.15) is 6.17 Å². The molecule has 0 heterocycles. The van der Waals surface area contributed by atoms with E-state index in [1.165, 1.54) is 87.6 Å². The first kappa shape index (κ1) is 33.6. The molecule has 0 aliphatic heterocycles. The van der Waals surface area contributed by atoms with Gasteiger partial charge in [-0.15, -0.1) is 0 Å². The molecule has 0 saturated heterocycles. The van der Waals surface area contributed by atoms with Crippen molar-refractivity contribution in [1.29, 1.82) is 0 Å². The monoisotopic (exact) mass is 716 g/mol. The number of hydrogen-bond donors (Lipinski definition) is 2. The van der Waals surface area contributed by atoms with Crippen LogP contribution in [0.25, 0.3) is 76.5 Å². The fourth-order valence-electron chi connectivity index (χ4n) is 8.44. The van der Waals surface area contributed by atoms with E-state index in [2.05, 4.69) is 223 Å². The third-order valence-electron chi connectivity index (χ3n) is 11.2. The van der Waals surface area contributed by atoms with Crippen LogP contribution >= 0.6 is 0 Å². The maximum absolute atomic E-state index is 3.99. The van der Waals surface area contributed by atoms with Crippen LogP contribution in [0.2, 0.25) is 0 Å². The van der Waals surface area contributed by atoms with Gasteiger partial charge in [-0.1, -0.05) is 200 Å². The Balaban J connectivity index is 1.11. The summed E-state index contributed by atoms with van der Waals surface area (Å²) in [5.41, 5.74) is 10.8. The Hall–Kier alpha value is -7.00. The van der Waals surface area contributed by atoms with Crippen LogP contribution < -0.4 is 10.6 Å². The van der Waals surface area contributed by atoms with E-state index >= 15 is 0 Å². The predicted molar refractivity (Wildman–Crippen MR) is 239 cm³/mol. The lowest BCUT2D eigenvalue weighted by atomic mass is 9.86. The maximum Gasteiger partial charge on any atom is 0.104 e. The third-order valence-corrected chi connectivity index (χ3v) is 11.2. The summed E-state index contributed by atoms with van der Waals surface area (Å²) in [4.78, 5) is 0. The Bertz CT molecular complexity index is 2990. The first-order valence-corrected chi connectivity index (χ1v) is 19.4. The van der Waals surface area contributed by atoms with Gasteiger partial charge in [0.05, 0.1) is 0 Å². The predicted octanol–water partition coefficient (Wildman–Crippen LogP) is 14.2. The van der Waals surface area contributed by atoms with E-state index < -0.39 is 0 Å². The molecule has 0 spiro atoms. The molecule has 0 saturated carbocycles. The van der Waals surface area contributed by atoms with E-state index in [0.717, 1.165) is 5.69 Å². The number of rotatable bonds is 9. The fourth-order valence-corrected chi connectivity index (χ4v) is 8.44. The summed E-state index contributed by atoms with van der Waals surface area (Å²) in [6.45, 7) is 0.692. The second kappa shape index (κ2) is 14.7. The molecule has 1 unspecified atom stereocenters. The zero-order valence-electron chi connectivity index (χ0n) is 31.0. The Morgan fingerprint density at radius 1 is 0.357 bits per heavy atom. The molecular formula is C54H40N2. The molecule has 10 aromatic carbocycles. The Labute approximate surface area is 327 Å². The molecular weight excluding hydrogens is 677 g/mol. The first-order valence-electron chi connectivity index (χ1n) is 19.4. The van der Waals surface area contributed by atoms with Crippen LogP contribution in [0.4, 0.5) is 5.69 Å². The summed E-state index contributed by atoms with van der Waals surface area (Å²) in [5, 5.41) is 18.0. The van der Waals surface area contributed by atoms with Crippen LogP contribution in [0.5, 0.6) is 0 Å². The van der Waals surface area contributed by atoms with Gasteiger partial charge in [-0.2, -0.15) is 0 Å². The molecule has 0 bridgehead atoms. The van der Waals surface area contributed by atoms with E-state index in [9.17, 15) is 0 Å². The summed E-state index contributed by atoms with van der Waals surface area (Å²) in [6, 6.07) is 76.9. The molecule has 0 aliphatic rings. The highest BCUT2D eigenvalue weighted by Gasteiger charge is 2.20. The normalized spacial score (nSPS) is 12.0. The van der Waals surface area contributed by atoms with Crippen molar-refractivity contribution in [1.82, 2.24) is 5.32 Å². The average Bonchev–Trinajstić information content (AvgIpc) is 3.27. The zero-order chi connectivity index (χ0) is 37.3. The summed E-state index contributed by atoms with van der Waals surface area (Å²) >= 11 is 0. The van der Waals surface area contributed by atoms with Crippen LogP contribution in [0.15, 0.2) is 212 Å². The fraction of sp³-hybridized carbons (Fsp3) is 0.0370. The maximum atomic E-state index is 3.99. The zero-order valence-corrected chi connectivity index (χ0v) is 31.0. The lowest BCUT2D eigenvalue weighted by Crippen LogP contribution is -2.28. The van der Waals surface area contributed by atoms with Crippen LogP contribution in [-0.2, 0) is 6.54 Å². The molecule has 2 nitrogen and oxygen atoms in total. The Kier molecular flexibility index (Phi) is 8.79. The van der Waals surface area contributed by atoms with Crippen molar-refractivity contribution in [2.45, 2.75) is 12.7 Å². The van der Waals surface area contributed by atoms with Crippen molar-refractivity contribution < 1.29 is 0 Å². The standard InChI is InChI=1S/C54H40N2/c1-3-15-38(16-4-1)39-29-27-37(28-30-39)36-55-54(56-52-26-14-13-22-44(52)40-17-5-2-6-18-40)50-34-33-48(46-24-11-12-25-47(46)50)53-45-23-10-8-20-42(45)35-51-43-21-9-7-19-41(43)31-32-49(51)53/h1-35,54-56H,36H2. The van der Waals surface area contributed by atoms with Crippen molar-refractivity contribution in [3.8, 4) is 33.4 Å². The van der Waals surface area contributed by atoms with Gasteiger partial charge in [-0.25, -0.2) is 0 Å². The minimum absolute atomic E-state index is 0.194. The number of para-hydroxylation sites is 1. The topological polar surface area (TPSA) is 24.1 Å². The summed E-state index contributed by atoms with van der Waals surface area (Å²) in [6.07, 6.45) is -0.194. The number of hydrogen-bond acceptors (Lipinski definition) is 2. The van der Waals surface area contributed by atoms with E-state index in [1.807, 2.05) is 0 Å². The lowest BCUT2D eigenvalue weighted by molar-refractivity contribution is 0.590. The average molecular weight is 717 g/mol. The smallest absolute Gasteiger partial charge is 0.104 e. The van der Waals surface area contributed by atoms with Gasteiger partial charge in [-0.05, 0) is 94.2 Å². The van der Waals surface area contributed by atoms with Crippen molar-refractivity contribution >= 4 is 48.8 Å². The van der Waals surface area contributed by atoms with Gasteiger partial charge in [0.15, 0.2) is 0 Å². The molecule has 0 amide bonds. The first-order chi connectivity index (χ1) is 27.8. The summed E-state index contributed by atoms with van der Waals surface area (Å²) in [7, 11) is 0. The second-order valence-electron chi connectivity index (χ2n) is 14.5. The highest BCUT2D eigenvalue weighted by molar-refractivity contribution is 6.22. The molecule has 266 valence electrons. The van der Waals surface area contributed by atoms with E-state index in [4.69, 9.17) is 0 Å². The highest BCUT2D eigenvalue weighted by Crippen LogP contribution is 2.43. The van der Waals surface area contributed by atoms with E-state index in [-0.39, 0.29) is 6.17 Å². The molecule has 56 heavy (non-hydrogen) atoms. The van der Waals surface area contributed by atoms with Crippen LogP contribution in [-0.4, -0.2) is 0 Å². The SMILES string of the molecule is c1ccc(-c2ccc(CNC(Nc3ccccc3-c3ccccc3)c3ccc(-c4c5ccccc5cc5c4ccc4ccccc45)c4ccccc34)cc2)cc1. The summed E-state index contributed by atoms with van der Waals surface area (Å²) in [5.74, 6) is 0. The molecule has 10 aromatic rings. The minimum atomic E-state index is -0.194. The van der Waals surface area contributed by atoms with E-state index in [1.54, 1.807) is 0 Å². The number of nitrogens with one attached hydrogen (secondary N) is 2. The Morgan fingerprint density at radius 3 is 1.75 bits per heavy atom. The molecule has 10 rings (SSSR count). The van der Waals surface area contributed by atoms with Crippen LogP contribution in [0.3, 0.4) is 0 Å². The van der Waals surface area contributed by atoms with Gasteiger partial charge in [0.25, 0.3) is 0 Å². The molecule has 0 aliphatic carbocycles. The molecule has 2 heteroatoms.